The predicted molar refractivity (Wildman–Crippen MR) is 165 cm³/mol. The molecule has 1 aliphatic rings. The number of aryl methyl sites for hydroxylation is 1. The molecule has 1 fully saturated rings. The molecule has 234 valence electrons. The molecule has 15 heteroatoms. The van der Waals surface area contributed by atoms with E-state index in [9.17, 15) is 14.2 Å². The number of rotatable bonds is 10. The third-order valence-corrected chi connectivity index (χ3v) is 7.17. The number of pyridine rings is 1. The molecule has 2 aromatic heterocycles. The minimum absolute atomic E-state index is 0.129. The average Bonchev–Trinajstić information content (AvgIpc) is 3.06. The molecule has 0 aliphatic carbocycles. The zero-order valence-electron chi connectivity index (χ0n) is 26.2. The summed E-state index contributed by atoms with van der Waals surface area (Å²) in [4.78, 5) is 58.5. The first-order valence-electron chi connectivity index (χ1n) is 14.8. The van der Waals surface area contributed by atoms with Crippen molar-refractivity contribution >= 4 is 37.1 Å². The Hall–Kier alpha value is -4.72. The molecule has 3 heterocycles. The van der Waals surface area contributed by atoms with Crippen molar-refractivity contribution < 1.29 is 35.9 Å². The van der Waals surface area contributed by atoms with Crippen LogP contribution in [0.5, 0.6) is 0 Å². The smallest absolute Gasteiger partial charge is 0.422 e. The van der Waals surface area contributed by atoms with Crippen LogP contribution in [0, 0.1) is 6.92 Å². The molecule has 0 unspecified atom stereocenters. The topological polar surface area (TPSA) is 179 Å². The van der Waals surface area contributed by atoms with Crippen molar-refractivity contribution in [3.05, 3.63) is 95.9 Å². The third-order valence-electron chi connectivity index (χ3n) is 6.73. The summed E-state index contributed by atoms with van der Waals surface area (Å²) >= 11 is 0. The van der Waals surface area contributed by atoms with E-state index in [0.29, 0.717) is 34.1 Å². The van der Waals surface area contributed by atoms with Gasteiger partial charge in [0.05, 0.1) is 5.69 Å². The van der Waals surface area contributed by atoms with E-state index in [0.717, 1.165) is 11.1 Å². The van der Waals surface area contributed by atoms with E-state index < -0.39 is 27.2 Å². The van der Waals surface area contributed by atoms with Crippen LogP contribution in [-0.4, -0.2) is 79.5 Å². The van der Waals surface area contributed by atoms with Crippen molar-refractivity contribution in [2.45, 2.75) is 13.4 Å². The molecule has 2 aromatic carbocycles. The van der Waals surface area contributed by atoms with Crippen LogP contribution in [0.15, 0.2) is 79.3 Å². The quantitative estimate of drug-likeness (QED) is 0.145. The van der Waals surface area contributed by atoms with Gasteiger partial charge in [-0.2, -0.15) is 0 Å². The molecular formula is C30H32N7O7P. The summed E-state index contributed by atoms with van der Waals surface area (Å²) in [7, 11) is -4.77. The predicted octanol–water partition coefficient (Wildman–Crippen LogP) is 4.16. The Morgan fingerprint density at radius 3 is 2.53 bits per heavy atom. The molecular weight excluding hydrogens is 601 g/mol. The molecule has 4 N–H and O–H groups in total. The second-order valence-corrected chi connectivity index (χ2v) is 11.2. The van der Waals surface area contributed by atoms with Crippen LogP contribution >= 0.6 is 7.82 Å². The molecule has 5 rings (SSSR count). The van der Waals surface area contributed by atoms with E-state index in [-0.39, 0.29) is 32.1 Å². The molecule has 1 saturated heterocycles. The number of benzene rings is 2. The number of amides is 2. The van der Waals surface area contributed by atoms with Gasteiger partial charge in [-0.05, 0) is 60.5 Å². The summed E-state index contributed by atoms with van der Waals surface area (Å²) in [5.74, 6) is 0.00788. The van der Waals surface area contributed by atoms with Crippen molar-refractivity contribution in [2.75, 3.05) is 43.6 Å². The van der Waals surface area contributed by atoms with Crippen molar-refractivity contribution in [3.63, 3.8) is 0 Å². The van der Waals surface area contributed by atoms with Gasteiger partial charge in [0.2, 0.25) is 12.7 Å². The van der Waals surface area contributed by atoms with Gasteiger partial charge in [0.15, 0.2) is 0 Å². The molecule has 45 heavy (non-hydrogen) atoms. The average molecular weight is 636 g/mol. The maximum Gasteiger partial charge on any atom is 0.472 e. The first-order valence-corrected chi connectivity index (χ1v) is 15.3. The molecule has 0 spiro atoms. The normalized spacial score (nSPS) is 14.7. The van der Waals surface area contributed by atoms with E-state index in [1.54, 1.807) is 66.0 Å². The number of piperazine rings is 1. The molecule has 1 aliphatic heterocycles. The van der Waals surface area contributed by atoms with E-state index in [2.05, 4.69) is 30.1 Å². The Morgan fingerprint density at radius 1 is 1.04 bits per heavy atom. The Bertz CT molecular complexity index is 1770. The van der Waals surface area contributed by atoms with E-state index >= 15 is 0 Å². The number of hydrogen-bond donors (Lipinski definition) is 4. The second kappa shape index (κ2) is 14.4. The monoisotopic (exact) mass is 635 g/mol. The summed E-state index contributed by atoms with van der Waals surface area (Å²) in [6.45, 7) is -0.277. The number of nitrogens with zero attached hydrogens (tertiary/aromatic N) is 5. The molecule has 4 aromatic rings. The number of ether oxygens (including phenoxy) is 1. The van der Waals surface area contributed by atoms with Gasteiger partial charge < -0.3 is 30.1 Å². The maximum absolute atomic E-state index is 13.1. The molecule has 0 bridgehead atoms. The molecule has 14 nitrogen and oxygen atoms in total. The van der Waals surface area contributed by atoms with Crippen molar-refractivity contribution in [1.29, 1.82) is 0 Å². The van der Waals surface area contributed by atoms with E-state index in [1.807, 2.05) is 25.1 Å². The zero-order chi connectivity index (χ0) is 33.6. The van der Waals surface area contributed by atoms with Crippen molar-refractivity contribution in [2.24, 2.45) is 0 Å². The van der Waals surface area contributed by atoms with Crippen LogP contribution in [0.2, 0.25) is 0 Å². The number of phosphoric ester groups is 1. The number of carbonyl (C=O) groups is 2. The summed E-state index contributed by atoms with van der Waals surface area (Å²) < 4.78 is 37.0. The molecule has 0 radical (unpaired) electrons. The fourth-order valence-corrected chi connectivity index (χ4v) is 4.56. The van der Waals surface area contributed by atoms with Crippen LogP contribution in [-0.2, 0) is 20.3 Å². The summed E-state index contributed by atoms with van der Waals surface area (Å²) in [6, 6.07) is 17.1. The standard InChI is InChI=1S/C30H32N7O7P/c1-21-4-9-25(17-27(21)35-29-32-12-10-26(34-29)24-3-2-11-31-18-24)33-28(38)23-7-5-22(6-8-23)19-36-13-15-37(16-14-36)30(39)43-20-44-45(40,41)42/h2-12,17-18H,13-16,19-20H2,1H3,(H,33,38)(H,32,34,35)(H2,40,41,42)/i19D2. The Kier molecular flexibility index (Phi) is 9.27. The Balaban J connectivity index is 1.18. The van der Waals surface area contributed by atoms with E-state index in [4.69, 9.17) is 17.3 Å². The van der Waals surface area contributed by atoms with Gasteiger partial charge in [-0.25, -0.2) is 23.9 Å². The van der Waals surface area contributed by atoms with E-state index in [1.165, 1.54) is 4.90 Å². The first kappa shape index (κ1) is 29.0. The largest absolute Gasteiger partial charge is 0.472 e. The summed E-state index contributed by atoms with van der Waals surface area (Å²) in [5.41, 5.74) is 4.38. The minimum Gasteiger partial charge on any atom is -0.422 e. The van der Waals surface area contributed by atoms with Gasteiger partial charge in [0.25, 0.3) is 5.91 Å². The maximum atomic E-state index is 13.1. The van der Waals surface area contributed by atoms with Gasteiger partial charge in [-0.3, -0.25) is 14.7 Å². The van der Waals surface area contributed by atoms with Crippen molar-refractivity contribution in [1.82, 2.24) is 24.8 Å². The first-order chi connectivity index (χ1) is 22.4. The third kappa shape index (κ3) is 9.14. The van der Waals surface area contributed by atoms with Gasteiger partial charge in [0.1, 0.15) is 0 Å². The Labute approximate surface area is 262 Å². The van der Waals surface area contributed by atoms with Crippen LogP contribution < -0.4 is 10.6 Å². The molecule has 0 atom stereocenters. The van der Waals surface area contributed by atoms with Crippen LogP contribution in [0.4, 0.5) is 22.1 Å². The Morgan fingerprint density at radius 2 is 1.82 bits per heavy atom. The number of phosphoric acid groups is 1. The fourth-order valence-electron chi connectivity index (χ4n) is 4.37. The lowest BCUT2D eigenvalue weighted by Gasteiger charge is -2.34. The second-order valence-electron chi connectivity index (χ2n) is 9.93. The fraction of sp³-hybridized carbons (Fsp3) is 0.233. The summed E-state index contributed by atoms with van der Waals surface area (Å²) in [6.07, 6.45) is 4.23. The number of nitrogens with one attached hydrogen (secondary N) is 2. The number of aromatic nitrogens is 3. The van der Waals surface area contributed by atoms with Crippen molar-refractivity contribution in [3.8, 4) is 11.3 Å². The van der Waals surface area contributed by atoms with Crippen LogP contribution in [0.1, 0.15) is 24.2 Å². The molecule has 2 amide bonds. The number of carbonyl (C=O) groups excluding carboxylic acids is 2. The zero-order valence-corrected chi connectivity index (χ0v) is 25.1. The SMILES string of the molecule is [2H]C([2H])(c1ccc(C(=O)Nc2ccc(C)c(Nc3nccc(-c4cccnc4)n3)c2)cc1)N1CCN(C(=O)OCOP(=O)(O)O)CC1. The highest BCUT2D eigenvalue weighted by atomic mass is 31.2. The molecule has 0 saturated carbocycles. The van der Waals surface area contributed by atoms with Crippen LogP contribution in [0.25, 0.3) is 11.3 Å². The van der Waals surface area contributed by atoms with Gasteiger partial charge in [-0.15, -0.1) is 0 Å². The lowest BCUT2D eigenvalue weighted by Crippen LogP contribution is -2.48. The van der Waals surface area contributed by atoms with Gasteiger partial charge in [-0.1, -0.05) is 18.2 Å². The highest BCUT2D eigenvalue weighted by Crippen LogP contribution is 2.35. The number of anilines is 3. The highest BCUT2D eigenvalue weighted by molar-refractivity contribution is 7.46. The summed E-state index contributed by atoms with van der Waals surface area (Å²) in [5, 5.41) is 6.09. The van der Waals surface area contributed by atoms with Gasteiger partial charge >= 0.3 is 13.9 Å². The van der Waals surface area contributed by atoms with Crippen LogP contribution in [0.3, 0.4) is 0 Å². The lowest BCUT2D eigenvalue weighted by molar-refractivity contribution is 0.0119. The highest BCUT2D eigenvalue weighted by Gasteiger charge is 2.23. The van der Waals surface area contributed by atoms with Gasteiger partial charge in [0, 0.05) is 76.5 Å². The minimum atomic E-state index is -4.77. The number of hydrogen-bond acceptors (Lipinski definition) is 10. The lowest BCUT2D eigenvalue weighted by atomic mass is 10.1.